The molecule has 1 unspecified atom stereocenters. The number of carbonyl (C=O) groups is 3. The van der Waals surface area contributed by atoms with Gasteiger partial charge in [0.05, 0.1) is 16.5 Å². The van der Waals surface area contributed by atoms with Crippen molar-refractivity contribution in [2.75, 3.05) is 23.8 Å². The lowest BCUT2D eigenvalue weighted by Gasteiger charge is -2.16. The molecule has 0 aromatic carbocycles. The number of Topliss-reactive ketones (excluding diaryl/α,β-unsaturated/α-hetero) is 2. The van der Waals surface area contributed by atoms with Crippen LogP contribution in [-0.4, -0.2) is 41.0 Å². The molecule has 8 heteroatoms. The Balaban J connectivity index is 1.83. The van der Waals surface area contributed by atoms with Gasteiger partial charge in [0.25, 0.3) is 0 Å². The standard InChI is InChI=1S/C19H22N4O3S/c1-4-23(3)15-9-8-12(10-20-15)16(25)13-6-5-7-14-18(17(13)26)27-19(22-14)21-11(2)24/h8-10,13H,4-7H2,1-3H3,(H,21,22,24). The van der Waals surface area contributed by atoms with Crippen LogP contribution in [0.4, 0.5) is 10.9 Å². The number of thiazole rings is 1. The van der Waals surface area contributed by atoms with Crippen LogP contribution < -0.4 is 10.2 Å². The molecule has 2 heterocycles. The summed E-state index contributed by atoms with van der Waals surface area (Å²) in [7, 11) is 1.93. The van der Waals surface area contributed by atoms with E-state index in [2.05, 4.69) is 15.3 Å². The zero-order valence-electron chi connectivity index (χ0n) is 15.6. The summed E-state index contributed by atoms with van der Waals surface area (Å²) in [5.74, 6) is -0.599. The Morgan fingerprint density at radius 2 is 2.15 bits per heavy atom. The first-order valence-corrected chi connectivity index (χ1v) is 9.75. The van der Waals surface area contributed by atoms with Gasteiger partial charge in [0.2, 0.25) is 5.91 Å². The first kappa shape index (κ1) is 19.2. The van der Waals surface area contributed by atoms with Crippen molar-refractivity contribution < 1.29 is 14.4 Å². The molecule has 1 atom stereocenters. The Hall–Kier alpha value is -2.61. The fourth-order valence-corrected chi connectivity index (χ4v) is 4.10. The number of hydrogen-bond donors (Lipinski definition) is 1. The van der Waals surface area contributed by atoms with E-state index < -0.39 is 5.92 Å². The number of carbonyl (C=O) groups excluding carboxylic acids is 3. The van der Waals surface area contributed by atoms with E-state index in [0.717, 1.165) is 23.7 Å². The molecule has 142 valence electrons. The van der Waals surface area contributed by atoms with Crippen molar-refractivity contribution in [3.8, 4) is 0 Å². The van der Waals surface area contributed by atoms with Gasteiger partial charge < -0.3 is 10.2 Å². The number of pyridine rings is 1. The van der Waals surface area contributed by atoms with E-state index in [0.29, 0.717) is 40.5 Å². The molecule has 0 saturated heterocycles. The molecule has 0 radical (unpaired) electrons. The van der Waals surface area contributed by atoms with Crippen molar-refractivity contribution in [1.29, 1.82) is 0 Å². The van der Waals surface area contributed by atoms with Crippen LogP contribution in [-0.2, 0) is 11.2 Å². The molecule has 2 aromatic rings. The fourth-order valence-electron chi connectivity index (χ4n) is 3.05. The van der Waals surface area contributed by atoms with Gasteiger partial charge in [0, 0.05) is 32.3 Å². The molecule has 0 aliphatic heterocycles. The second-order valence-electron chi connectivity index (χ2n) is 6.57. The maximum Gasteiger partial charge on any atom is 0.223 e. The third-order valence-electron chi connectivity index (χ3n) is 4.64. The van der Waals surface area contributed by atoms with Gasteiger partial charge in [-0.1, -0.05) is 11.3 Å². The van der Waals surface area contributed by atoms with Crippen molar-refractivity contribution in [3.05, 3.63) is 34.5 Å². The van der Waals surface area contributed by atoms with Crippen molar-refractivity contribution in [1.82, 2.24) is 9.97 Å². The molecule has 1 amide bonds. The van der Waals surface area contributed by atoms with Gasteiger partial charge in [-0.3, -0.25) is 14.4 Å². The molecule has 0 bridgehead atoms. The van der Waals surface area contributed by atoms with Crippen LogP contribution in [0.5, 0.6) is 0 Å². The lowest BCUT2D eigenvalue weighted by atomic mass is 9.91. The lowest BCUT2D eigenvalue weighted by molar-refractivity contribution is -0.114. The smallest absolute Gasteiger partial charge is 0.223 e. The summed E-state index contributed by atoms with van der Waals surface area (Å²) in [5.41, 5.74) is 1.11. The Labute approximate surface area is 161 Å². The summed E-state index contributed by atoms with van der Waals surface area (Å²) in [6.07, 6.45) is 3.35. The quantitative estimate of drug-likeness (QED) is 0.482. The Morgan fingerprint density at radius 1 is 1.37 bits per heavy atom. The SMILES string of the molecule is CCN(C)c1ccc(C(=O)C2CCCc3nc(NC(C)=O)sc3C2=O)cn1. The normalized spacial score (nSPS) is 16.4. The number of ketones is 2. The summed E-state index contributed by atoms with van der Waals surface area (Å²) in [5, 5.41) is 3.02. The predicted molar refractivity (Wildman–Crippen MR) is 105 cm³/mol. The third-order valence-corrected chi connectivity index (χ3v) is 5.67. The molecule has 7 nitrogen and oxygen atoms in total. The minimum atomic E-state index is -0.728. The highest BCUT2D eigenvalue weighted by Crippen LogP contribution is 2.33. The summed E-state index contributed by atoms with van der Waals surface area (Å²) < 4.78 is 0. The van der Waals surface area contributed by atoms with Crippen LogP contribution >= 0.6 is 11.3 Å². The Kier molecular flexibility index (Phi) is 5.65. The van der Waals surface area contributed by atoms with Crippen LogP contribution in [0.25, 0.3) is 0 Å². The third kappa shape index (κ3) is 4.05. The summed E-state index contributed by atoms with van der Waals surface area (Å²) in [6.45, 7) is 4.23. The van der Waals surface area contributed by atoms with Crippen LogP contribution in [0.3, 0.4) is 0 Å². The van der Waals surface area contributed by atoms with E-state index in [9.17, 15) is 14.4 Å². The number of rotatable bonds is 5. The molecule has 0 fully saturated rings. The van der Waals surface area contributed by atoms with E-state index in [1.807, 2.05) is 18.9 Å². The van der Waals surface area contributed by atoms with Crippen molar-refractivity contribution >= 4 is 39.8 Å². The molecule has 1 aliphatic carbocycles. The number of hydrogen-bond acceptors (Lipinski definition) is 7. The zero-order chi connectivity index (χ0) is 19.6. The first-order chi connectivity index (χ1) is 12.9. The van der Waals surface area contributed by atoms with Gasteiger partial charge in [0.15, 0.2) is 16.7 Å². The van der Waals surface area contributed by atoms with Crippen molar-refractivity contribution in [3.63, 3.8) is 0 Å². The predicted octanol–water partition coefficient (Wildman–Crippen LogP) is 2.97. The zero-order valence-corrected chi connectivity index (χ0v) is 16.4. The molecule has 0 saturated carbocycles. The molecule has 1 aliphatic rings. The van der Waals surface area contributed by atoms with Gasteiger partial charge in [-0.05, 0) is 38.3 Å². The van der Waals surface area contributed by atoms with Crippen molar-refractivity contribution in [2.45, 2.75) is 33.1 Å². The molecule has 3 rings (SSSR count). The topological polar surface area (TPSA) is 92.3 Å². The maximum atomic E-state index is 13.0. The summed E-state index contributed by atoms with van der Waals surface area (Å²) >= 11 is 1.14. The largest absolute Gasteiger partial charge is 0.360 e. The second kappa shape index (κ2) is 7.96. The van der Waals surface area contributed by atoms with E-state index in [4.69, 9.17) is 0 Å². The highest BCUT2D eigenvalue weighted by molar-refractivity contribution is 7.17. The highest BCUT2D eigenvalue weighted by Gasteiger charge is 2.34. The minimum Gasteiger partial charge on any atom is -0.360 e. The van der Waals surface area contributed by atoms with E-state index in [-0.39, 0.29) is 17.5 Å². The Bertz CT molecular complexity index is 876. The van der Waals surface area contributed by atoms with Gasteiger partial charge in [0.1, 0.15) is 5.82 Å². The van der Waals surface area contributed by atoms with E-state index in [1.165, 1.54) is 13.1 Å². The minimum absolute atomic E-state index is 0.208. The van der Waals surface area contributed by atoms with Gasteiger partial charge in [-0.15, -0.1) is 0 Å². The summed E-state index contributed by atoms with van der Waals surface area (Å²) in [4.78, 5) is 48.3. The van der Waals surface area contributed by atoms with E-state index in [1.54, 1.807) is 12.1 Å². The van der Waals surface area contributed by atoms with Gasteiger partial charge in [-0.2, -0.15) is 0 Å². The number of anilines is 2. The molecule has 27 heavy (non-hydrogen) atoms. The molecular weight excluding hydrogens is 364 g/mol. The van der Waals surface area contributed by atoms with Crippen LogP contribution in [0, 0.1) is 5.92 Å². The number of nitrogens with one attached hydrogen (secondary N) is 1. The maximum absolute atomic E-state index is 13.0. The number of fused-ring (bicyclic) bond motifs is 1. The Morgan fingerprint density at radius 3 is 2.78 bits per heavy atom. The lowest BCUT2D eigenvalue weighted by Crippen LogP contribution is -2.24. The van der Waals surface area contributed by atoms with Crippen LogP contribution in [0.15, 0.2) is 18.3 Å². The fraction of sp³-hybridized carbons (Fsp3) is 0.421. The average molecular weight is 386 g/mol. The molecule has 1 N–H and O–H groups in total. The van der Waals surface area contributed by atoms with Gasteiger partial charge >= 0.3 is 0 Å². The number of aromatic nitrogens is 2. The highest BCUT2D eigenvalue weighted by atomic mass is 32.1. The molecular formula is C19H22N4O3S. The molecule has 2 aromatic heterocycles. The second-order valence-corrected chi connectivity index (χ2v) is 7.57. The van der Waals surface area contributed by atoms with Crippen LogP contribution in [0.1, 0.15) is 52.4 Å². The number of nitrogens with zero attached hydrogens (tertiary/aromatic N) is 3. The van der Waals surface area contributed by atoms with E-state index >= 15 is 0 Å². The average Bonchev–Trinajstić information content (AvgIpc) is 2.98. The summed E-state index contributed by atoms with van der Waals surface area (Å²) in [6, 6.07) is 3.52. The molecule has 0 spiro atoms. The number of amides is 1. The van der Waals surface area contributed by atoms with Gasteiger partial charge in [-0.25, -0.2) is 9.97 Å². The van der Waals surface area contributed by atoms with Crippen molar-refractivity contribution in [2.24, 2.45) is 5.92 Å². The van der Waals surface area contributed by atoms with Crippen LogP contribution in [0.2, 0.25) is 0 Å². The first-order valence-electron chi connectivity index (χ1n) is 8.93. The monoisotopic (exact) mass is 386 g/mol. The number of aryl methyl sites for hydroxylation is 1.